The third-order valence-corrected chi connectivity index (χ3v) is 5.06. The fourth-order valence-corrected chi connectivity index (χ4v) is 3.60. The summed E-state index contributed by atoms with van der Waals surface area (Å²) in [4.78, 5) is 15.1. The molecule has 122 valence electrons. The normalized spacial score (nSPS) is 18.2. The Morgan fingerprint density at radius 1 is 1.27 bits per heavy atom. The van der Waals surface area contributed by atoms with Crippen LogP contribution in [0.25, 0.3) is 0 Å². The average Bonchev–Trinajstić information content (AvgIpc) is 2.53. The van der Waals surface area contributed by atoms with Gasteiger partial charge in [0.1, 0.15) is 0 Å². The van der Waals surface area contributed by atoms with E-state index in [0.717, 1.165) is 51.0 Å². The van der Waals surface area contributed by atoms with E-state index in [-0.39, 0.29) is 11.3 Å². The van der Waals surface area contributed by atoms with Crippen LogP contribution in [0.5, 0.6) is 0 Å². The van der Waals surface area contributed by atoms with Gasteiger partial charge in [-0.1, -0.05) is 32.9 Å². The number of amides is 1. The molecule has 1 fully saturated rings. The van der Waals surface area contributed by atoms with E-state index in [1.54, 1.807) is 0 Å². The second-order valence-corrected chi connectivity index (χ2v) is 6.75. The van der Waals surface area contributed by atoms with Crippen molar-refractivity contribution >= 4 is 5.91 Å². The highest BCUT2D eigenvalue weighted by Crippen LogP contribution is 2.38. The van der Waals surface area contributed by atoms with E-state index in [1.165, 1.54) is 11.1 Å². The molecule has 1 saturated heterocycles. The van der Waals surface area contributed by atoms with Gasteiger partial charge in [-0.05, 0) is 68.4 Å². The number of nitrogens with zero attached hydrogens (tertiary/aromatic N) is 1. The zero-order valence-corrected chi connectivity index (χ0v) is 14.5. The Bertz CT molecular complexity index is 516. The number of hydrogen-bond acceptors (Lipinski definition) is 2. The molecule has 1 aromatic carbocycles. The fraction of sp³-hybridized carbons (Fsp3) is 0.632. The van der Waals surface area contributed by atoms with Gasteiger partial charge in [0.15, 0.2) is 0 Å². The lowest BCUT2D eigenvalue weighted by atomic mass is 9.71. The molecule has 1 amide bonds. The molecule has 1 N–H and O–H groups in total. The molecule has 0 atom stereocenters. The summed E-state index contributed by atoms with van der Waals surface area (Å²) in [5.41, 5.74) is 3.49. The van der Waals surface area contributed by atoms with E-state index < -0.39 is 0 Å². The molecule has 1 aromatic rings. The van der Waals surface area contributed by atoms with Crippen LogP contribution in [0.2, 0.25) is 0 Å². The third kappa shape index (κ3) is 3.52. The Morgan fingerprint density at radius 2 is 1.95 bits per heavy atom. The molecule has 0 bridgehead atoms. The zero-order valence-electron chi connectivity index (χ0n) is 14.5. The number of aryl methyl sites for hydroxylation is 1. The molecule has 22 heavy (non-hydrogen) atoms. The van der Waals surface area contributed by atoms with Crippen LogP contribution in [0.4, 0.5) is 0 Å². The predicted molar refractivity (Wildman–Crippen MR) is 92.5 cm³/mol. The van der Waals surface area contributed by atoms with E-state index in [9.17, 15) is 4.79 Å². The smallest absolute Gasteiger partial charge is 0.251 e. The topological polar surface area (TPSA) is 32.3 Å². The molecule has 0 aromatic heterocycles. The minimum absolute atomic E-state index is 0.0831. The van der Waals surface area contributed by atoms with Gasteiger partial charge in [0.05, 0.1) is 0 Å². The number of carbonyl (C=O) groups is 1. The number of nitrogens with one attached hydrogen (secondary N) is 1. The molecule has 0 unspecified atom stereocenters. The van der Waals surface area contributed by atoms with E-state index >= 15 is 0 Å². The molecular weight excluding hydrogens is 272 g/mol. The van der Waals surface area contributed by atoms with Crippen LogP contribution in [-0.4, -0.2) is 37.0 Å². The van der Waals surface area contributed by atoms with Crippen molar-refractivity contribution in [2.75, 3.05) is 26.2 Å². The second kappa shape index (κ2) is 7.28. The summed E-state index contributed by atoms with van der Waals surface area (Å²) in [6.07, 6.45) is 3.22. The summed E-state index contributed by atoms with van der Waals surface area (Å²) in [6.45, 7) is 12.9. The van der Waals surface area contributed by atoms with Crippen LogP contribution in [0.3, 0.4) is 0 Å². The highest BCUT2D eigenvalue weighted by Gasteiger charge is 2.35. The summed E-state index contributed by atoms with van der Waals surface area (Å²) >= 11 is 0. The summed E-state index contributed by atoms with van der Waals surface area (Å²) in [5.74, 6) is 0.0831. The summed E-state index contributed by atoms with van der Waals surface area (Å²) < 4.78 is 0. The molecule has 1 aliphatic rings. The lowest BCUT2D eigenvalue weighted by molar-refractivity contribution is 0.0948. The highest BCUT2D eigenvalue weighted by atomic mass is 16.1. The van der Waals surface area contributed by atoms with Gasteiger partial charge in [0.25, 0.3) is 5.91 Å². The molecule has 0 aliphatic carbocycles. The standard InChI is InChI=1S/C19H30N2O/c1-5-12-20-18(22)16-9-7-8-15(3)17(16)19(4)10-13-21(6-2)14-11-19/h7-9H,5-6,10-14H2,1-4H3,(H,20,22). The van der Waals surface area contributed by atoms with Gasteiger partial charge in [-0.15, -0.1) is 0 Å². The van der Waals surface area contributed by atoms with Crippen LogP contribution in [0, 0.1) is 6.92 Å². The molecule has 0 radical (unpaired) electrons. The third-order valence-electron chi connectivity index (χ3n) is 5.06. The first-order valence-electron chi connectivity index (χ1n) is 8.62. The largest absolute Gasteiger partial charge is 0.352 e. The van der Waals surface area contributed by atoms with Crippen LogP contribution >= 0.6 is 0 Å². The maximum atomic E-state index is 12.6. The first-order chi connectivity index (χ1) is 10.5. The number of carbonyl (C=O) groups excluding carboxylic acids is 1. The van der Waals surface area contributed by atoms with Crippen molar-refractivity contribution in [3.05, 3.63) is 34.9 Å². The number of hydrogen-bond donors (Lipinski definition) is 1. The van der Waals surface area contributed by atoms with Crippen LogP contribution < -0.4 is 5.32 Å². The Morgan fingerprint density at radius 3 is 2.55 bits per heavy atom. The first kappa shape index (κ1) is 17.0. The molecule has 3 heteroatoms. The minimum Gasteiger partial charge on any atom is -0.352 e. The Labute approximate surface area is 135 Å². The van der Waals surface area contributed by atoms with Crippen LogP contribution in [-0.2, 0) is 5.41 Å². The maximum absolute atomic E-state index is 12.6. The fourth-order valence-electron chi connectivity index (χ4n) is 3.60. The highest BCUT2D eigenvalue weighted by molar-refractivity contribution is 5.96. The average molecular weight is 302 g/mol. The van der Waals surface area contributed by atoms with Crippen LogP contribution in [0.1, 0.15) is 61.5 Å². The first-order valence-corrected chi connectivity index (χ1v) is 8.62. The van der Waals surface area contributed by atoms with E-state index in [4.69, 9.17) is 0 Å². The lowest BCUT2D eigenvalue weighted by Crippen LogP contribution is -2.42. The molecule has 0 saturated carbocycles. The van der Waals surface area contributed by atoms with Gasteiger partial charge >= 0.3 is 0 Å². The molecule has 1 heterocycles. The second-order valence-electron chi connectivity index (χ2n) is 6.75. The van der Waals surface area contributed by atoms with Crippen molar-refractivity contribution in [1.82, 2.24) is 10.2 Å². The van der Waals surface area contributed by atoms with E-state index in [2.05, 4.69) is 44.0 Å². The Kier molecular flexibility index (Phi) is 5.63. The van der Waals surface area contributed by atoms with Gasteiger partial charge in [0, 0.05) is 12.1 Å². The summed E-state index contributed by atoms with van der Waals surface area (Å²) in [5, 5.41) is 3.04. The summed E-state index contributed by atoms with van der Waals surface area (Å²) in [6, 6.07) is 6.14. The number of benzene rings is 1. The van der Waals surface area contributed by atoms with E-state index in [0.29, 0.717) is 0 Å². The predicted octanol–water partition coefficient (Wildman–Crippen LogP) is 3.51. The number of rotatable bonds is 5. The summed E-state index contributed by atoms with van der Waals surface area (Å²) in [7, 11) is 0. The molecule has 0 spiro atoms. The maximum Gasteiger partial charge on any atom is 0.251 e. The van der Waals surface area contributed by atoms with Crippen LogP contribution in [0.15, 0.2) is 18.2 Å². The molecular formula is C19H30N2O. The van der Waals surface area contributed by atoms with Gasteiger partial charge in [0.2, 0.25) is 0 Å². The van der Waals surface area contributed by atoms with E-state index in [1.807, 2.05) is 12.1 Å². The molecule has 3 nitrogen and oxygen atoms in total. The molecule has 2 rings (SSSR count). The zero-order chi connectivity index (χ0) is 16.2. The quantitative estimate of drug-likeness (QED) is 0.903. The van der Waals surface area contributed by atoms with Gasteiger partial charge in [-0.2, -0.15) is 0 Å². The van der Waals surface area contributed by atoms with Crippen molar-refractivity contribution in [1.29, 1.82) is 0 Å². The number of likely N-dealkylation sites (tertiary alicyclic amines) is 1. The number of piperidine rings is 1. The van der Waals surface area contributed by atoms with Gasteiger partial charge < -0.3 is 10.2 Å². The lowest BCUT2D eigenvalue weighted by Gasteiger charge is -2.41. The molecule has 1 aliphatic heterocycles. The Hall–Kier alpha value is -1.35. The van der Waals surface area contributed by atoms with Crippen molar-refractivity contribution in [3.8, 4) is 0 Å². The van der Waals surface area contributed by atoms with Crippen molar-refractivity contribution in [2.45, 2.75) is 52.4 Å². The monoisotopic (exact) mass is 302 g/mol. The van der Waals surface area contributed by atoms with Gasteiger partial charge in [-0.3, -0.25) is 4.79 Å². The van der Waals surface area contributed by atoms with Gasteiger partial charge in [-0.25, -0.2) is 0 Å². The van der Waals surface area contributed by atoms with Crippen molar-refractivity contribution < 1.29 is 4.79 Å². The van der Waals surface area contributed by atoms with Crippen molar-refractivity contribution in [3.63, 3.8) is 0 Å². The SMILES string of the molecule is CCCNC(=O)c1cccc(C)c1C1(C)CCN(CC)CC1. The van der Waals surface area contributed by atoms with Crippen molar-refractivity contribution in [2.24, 2.45) is 0 Å². The minimum atomic E-state index is 0.0831. The Balaban J connectivity index is 2.31.